The summed E-state index contributed by atoms with van der Waals surface area (Å²) < 4.78 is 1.10. The molecule has 1 rings (SSSR count). The Balaban J connectivity index is 2.23. The monoisotopic (exact) mass is 312 g/mol. The van der Waals surface area contributed by atoms with Gasteiger partial charge in [-0.2, -0.15) is 0 Å². The Morgan fingerprint density at radius 1 is 1.33 bits per heavy atom. The third-order valence-corrected chi connectivity index (χ3v) is 3.20. The molecule has 1 aromatic rings. The predicted octanol–water partition coefficient (Wildman–Crippen LogP) is 2.50. The van der Waals surface area contributed by atoms with Crippen LogP contribution < -0.4 is 10.6 Å². The fourth-order valence-corrected chi connectivity index (χ4v) is 2.03. The average Bonchev–Trinajstić information content (AvgIpc) is 2.32. The topological polar surface area (TPSA) is 41.1 Å². The van der Waals surface area contributed by atoms with Crippen LogP contribution >= 0.6 is 15.9 Å². The maximum atomic E-state index is 11.3. The molecule has 0 saturated heterocycles. The Morgan fingerprint density at radius 3 is 2.61 bits per heavy atom. The van der Waals surface area contributed by atoms with Gasteiger partial charge in [0.2, 0.25) is 5.91 Å². The van der Waals surface area contributed by atoms with Crippen LogP contribution in [0.4, 0.5) is 0 Å². The van der Waals surface area contributed by atoms with Crippen molar-refractivity contribution in [2.45, 2.75) is 32.7 Å². The predicted molar refractivity (Wildman–Crippen MR) is 78.6 cm³/mol. The molecule has 0 aliphatic heterocycles. The molecule has 0 spiro atoms. The number of nitrogens with one attached hydrogen (secondary N) is 2. The van der Waals surface area contributed by atoms with Crippen molar-refractivity contribution in [1.29, 1.82) is 0 Å². The number of rotatable bonds is 7. The molecule has 0 heterocycles. The van der Waals surface area contributed by atoms with E-state index >= 15 is 0 Å². The minimum atomic E-state index is 0.112. The quantitative estimate of drug-likeness (QED) is 0.812. The molecular weight excluding hydrogens is 292 g/mol. The van der Waals surface area contributed by atoms with Gasteiger partial charge in [-0.15, -0.1) is 0 Å². The smallest absolute Gasteiger partial charge is 0.221 e. The van der Waals surface area contributed by atoms with E-state index in [1.165, 1.54) is 5.56 Å². The van der Waals surface area contributed by atoms with Crippen LogP contribution in [0.25, 0.3) is 0 Å². The van der Waals surface area contributed by atoms with E-state index in [9.17, 15) is 4.79 Å². The molecule has 0 bridgehead atoms. The van der Waals surface area contributed by atoms with Gasteiger partial charge in [0.25, 0.3) is 0 Å². The largest absolute Gasteiger partial charge is 0.356 e. The van der Waals surface area contributed by atoms with Crippen molar-refractivity contribution in [1.82, 2.24) is 10.6 Å². The summed E-state index contributed by atoms with van der Waals surface area (Å²) in [7, 11) is 0. The van der Waals surface area contributed by atoms with Gasteiger partial charge in [-0.3, -0.25) is 4.79 Å². The lowest BCUT2D eigenvalue weighted by Gasteiger charge is -2.13. The Bertz CT molecular complexity index is 365. The molecule has 1 amide bonds. The summed E-state index contributed by atoms with van der Waals surface area (Å²) in [4.78, 5) is 11.3. The second kappa shape index (κ2) is 8.27. The van der Waals surface area contributed by atoms with E-state index in [0.717, 1.165) is 17.4 Å². The zero-order valence-electron chi connectivity index (χ0n) is 11.0. The van der Waals surface area contributed by atoms with Crippen LogP contribution in [0.3, 0.4) is 0 Å². The van der Waals surface area contributed by atoms with Crippen molar-refractivity contribution in [3.05, 3.63) is 34.3 Å². The van der Waals surface area contributed by atoms with E-state index in [-0.39, 0.29) is 5.91 Å². The molecule has 0 aromatic heterocycles. The van der Waals surface area contributed by atoms with Crippen LogP contribution in [0.1, 0.15) is 25.8 Å². The van der Waals surface area contributed by atoms with Crippen LogP contribution in [-0.2, 0) is 11.2 Å². The van der Waals surface area contributed by atoms with Crippen LogP contribution in [0, 0.1) is 0 Å². The molecule has 3 nitrogen and oxygen atoms in total. The fourth-order valence-electron chi connectivity index (χ4n) is 1.76. The van der Waals surface area contributed by atoms with Gasteiger partial charge in [-0.05, 0) is 38.0 Å². The van der Waals surface area contributed by atoms with E-state index in [2.05, 4.69) is 57.8 Å². The van der Waals surface area contributed by atoms with Crippen LogP contribution in [0.5, 0.6) is 0 Å². The SMILES string of the molecule is CCNC(=O)CCNC(C)Cc1ccc(Br)cc1. The second-order valence-corrected chi connectivity index (χ2v) is 5.30. The van der Waals surface area contributed by atoms with Crippen LogP contribution in [0.2, 0.25) is 0 Å². The van der Waals surface area contributed by atoms with E-state index in [4.69, 9.17) is 0 Å². The van der Waals surface area contributed by atoms with Crippen molar-refractivity contribution < 1.29 is 4.79 Å². The molecule has 18 heavy (non-hydrogen) atoms. The van der Waals surface area contributed by atoms with Crippen LogP contribution in [0.15, 0.2) is 28.7 Å². The third-order valence-electron chi connectivity index (χ3n) is 2.67. The molecule has 0 saturated carbocycles. The normalized spacial score (nSPS) is 12.2. The van der Waals surface area contributed by atoms with Gasteiger partial charge in [-0.1, -0.05) is 28.1 Å². The van der Waals surface area contributed by atoms with Gasteiger partial charge in [-0.25, -0.2) is 0 Å². The van der Waals surface area contributed by atoms with Crippen molar-refractivity contribution in [3.8, 4) is 0 Å². The lowest BCUT2D eigenvalue weighted by molar-refractivity contribution is -0.120. The summed E-state index contributed by atoms with van der Waals surface area (Å²) in [5.41, 5.74) is 1.30. The number of benzene rings is 1. The summed E-state index contributed by atoms with van der Waals surface area (Å²) in [5.74, 6) is 0.112. The van der Waals surface area contributed by atoms with Gasteiger partial charge in [0, 0.05) is 30.0 Å². The number of carbonyl (C=O) groups is 1. The van der Waals surface area contributed by atoms with Crippen molar-refractivity contribution in [2.75, 3.05) is 13.1 Å². The van der Waals surface area contributed by atoms with E-state index in [1.807, 2.05) is 6.92 Å². The highest BCUT2D eigenvalue weighted by molar-refractivity contribution is 9.10. The molecule has 1 atom stereocenters. The first kappa shape index (κ1) is 15.2. The summed E-state index contributed by atoms with van der Waals surface area (Å²) in [6, 6.07) is 8.71. The zero-order chi connectivity index (χ0) is 13.4. The maximum Gasteiger partial charge on any atom is 0.221 e. The first-order valence-corrected chi connectivity index (χ1v) is 7.15. The van der Waals surface area contributed by atoms with Gasteiger partial charge in [0.15, 0.2) is 0 Å². The number of hydrogen-bond donors (Lipinski definition) is 2. The first-order valence-electron chi connectivity index (χ1n) is 6.36. The molecule has 0 radical (unpaired) electrons. The molecule has 0 aliphatic rings. The highest BCUT2D eigenvalue weighted by atomic mass is 79.9. The fraction of sp³-hybridized carbons (Fsp3) is 0.500. The standard InChI is InChI=1S/C14H21BrN2O/c1-3-16-14(18)8-9-17-11(2)10-12-4-6-13(15)7-5-12/h4-7,11,17H,3,8-10H2,1-2H3,(H,16,18). The lowest BCUT2D eigenvalue weighted by atomic mass is 10.1. The number of halogens is 1. The van der Waals surface area contributed by atoms with Crippen molar-refractivity contribution in [3.63, 3.8) is 0 Å². The lowest BCUT2D eigenvalue weighted by Crippen LogP contribution is -2.33. The molecule has 4 heteroatoms. The van der Waals surface area contributed by atoms with E-state index < -0.39 is 0 Å². The maximum absolute atomic E-state index is 11.3. The Labute approximate surface area is 117 Å². The van der Waals surface area contributed by atoms with Gasteiger partial charge in [0.1, 0.15) is 0 Å². The molecule has 1 aromatic carbocycles. The zero-order valence-corrected chi connectivity index (χ0v) is 12.6. The highest BCUT2D eigenvalue weighted by Crippen LogP contribution is 2.11. The summed E-state index contributed by atoms with van der Waals surface area (Å²) in [5, 5.41) is 6.15. The second-order valence-electron chi connectivity index (χ2n) is 4.39. The van der Waals surface area contributed by atoms with E-state index in [0.29, 0.717) is 19.0 Å². The third kappa shape index (κ3) is 6.17. The minimum Gasteiger partial charge on any atom is -0.356 e. The van der Waals surface area contributed by atoms with Crippen molar-refractivity contribution in [2.24, 2.45) is 0 Å². The first-order chi connectivity index (χ1) is 8.61. The molecule has 100 valence electrons. The minimum absolute atomic E-state index is 0.112. The summed E-state index contributed by atoms with van der Waals surface area (Å²) >= 11 is 3.42. The summed E-state index contributed by atoms with van der Waals surface area (Å²) in [6.45, 7) is 5.50. The van der Waals surface area contributed by atoms with Gasteiger partial charge < -0.3 is 10.6 Å². The Hall–Kier alpha value is -0.870. The molecule has 2 N–H and O–H groups in total. The molecular formula is C14H21BrN2O. The Morgan fingerprint density at radius 2 is 2.00 bits per heavy atom. The van der Waals surface area contributed by atoms with Crippen LogP contribution in [-0.4, -0.2) is 25.0 Å². The number of amides is 1. The molecule has 1 unspecified atom stereocenters. The Kier molecular flexibility index (Phi) is 6.98. The number of carbonyl (C=O) groups excluding carboxylic acids is 1. The summed E-state index contributed by atoms with van der Waals surface area (Å²) in [6.07, 6.45) is 1.52. The van der Waals surface area contributed by atoms with Crippen molar-refractivity contribution >= 4 is 21.8 Å². The molecule has 0 fully saturated rings. The average molecular weight is 313 g/mol. The molecule has 0 aliphatic carbocycles. The number of hydrogen-bond acceptors (Lipinski definition) is 2. The van der Waals surface area contributed by atoms with E-state index in [1.54, 1.807) is 0 Å². The van der Waals surface area contributed by atoms with Gasteiger partial charge >= 0.3 is 0 Å². The highest BCUT2D eigenvalue weighted by Gasteiger charge is 2.04. The van der Waals surface area contributed by atoms with Gasteiger partial charge in [0.05, 0.1) is 0 Å².